The van der Waals surface area contributed by atoms with Crippen LogP contribution in [0.1, 0.15) is 47.2 Å². The van der Waals surface area contributed by atoms with Crippen molar-refractivity contribution in [3.63, 3.8) is 0 Å². The summed E-state index contributed by atoms with van der Waals surface area (Å²) in [6.07, 6.45) is 6.88. The molecule has 0 bridgehead atoms. The molecule has 3 heterocycles. The van der Waals surface area contributed by atoms with Crippen molar-refractivity contribution >= 4 is 28.8 Å². The molecule has 2 aliphatic rings. The van der Waals surface area contributed by atoms with E-state index in [4.69, 9.17) is 16.6 Å². The third-order valence-electron chi connectivity index (χ3n) is 5.82. The molecule has 1 aliphatic heterocycles. The SMILES string of the molecule is O=C(Cn1nnc(-c2ccc(Cl)cc2)n1)N1CCCC(c2nc3c(s2)CCCC3)C1. The summed E-state index contributed by atoms with van der Waals surface area (Å²) in [6, 6.07) is 7.25. The second-order valence-corrected chi connectivity index (χ2v) is 9.51. The molecule has 2 aromatic heterocycles. The molecule has 9 heteroatoms. The number of fused-ring (bicyclic) bond motifs is 1. The fourth-order valence-electron chi connectivity index (χ4n) is 4.20. The van der Waals surface area contributed by atoms with E-state index in [0.717, 1.165) is 44.3 Å². The third kappa shape index (κ3) is 4.11. The van der Waals surface area contributed by atoms with Crippen LogP contribution in [0.4, 0.5) is 0 Å². The molecule has 30 heavy (non-hydrogen) atoms. The highest BCUT2D eigenvalue weighted by atomic mass is 35.5. The highest BCUT2D eigenvalue weighted by Crippen LogP contribution is 2.34. The Balaban J connectivity index is 1.24. The minimum Gasteiger partial charge on any atom is -0.340 e. The van der Waals surface area contributed by atoms with Crippen molar-refractivity contribution in [2.45, 2.75) is 51.0 Å². The van der Waals surface area contributed by atoms with Crippen LogP contribution in [0, 0.1) is 0 Å². The molecule has 7 nitrogen and oxygen atoms in total. The highest BCUT2D eigenvalue weighted by molar-refractivity contribution is 7.11. The quantitative estimate of drug-likeness (QED) is 0.615. The molecule has 0 radical (unpaired) electrons. The number of carbonyl (C=O) groups is 1. The van der Waals surface area contributed by atoms with E-state index in [1.807, 2.05) is 28.4 Å². The molecule has 1 fully saturated rings. The van der Waals surface area contributed by atoms with E-state index in [1.54, 1.807) is 12.1 Å². The molecule has 1 amide bonds. The number of benzene rings is 1. The Morgan fingerprint density at radius 1 is 1.17 bits per heavy atom. The second-order valence-electron chi connectivity index (χ2n) is 7.96. The van der Waals surface area contributed by atoms with Gasteiger partial charge in [-0.05, 0) is 68.0 Å². The van der Waals surface area contributed by atoms with Crippen molar-refractivity contribution in [2.75, 3.05) is 13.1 Å². The van der Waals surface area contributed by atoms with Crippen molar-refractivity contribution in [1.82, 2.24) is 30.1 Å². The van der Waals surface area contributed by atoms with Gasteiger partial charge in [-0.2, -0.15) is 4.80 Å². The summed E-state index contributed by atoms with van der Waals surface area (Å²) in [5.74, 6) is 0.858. The number of likely N-dealkylation sites (tertiary alicyclic amines) is 1. The fourth-order valence-corrected chi connectivity index (χ4v) is 5.60. The van der Waals surface area contributed by atoms with Gasteiger partial charge in [0.2, 0.25) is 11.7 Å². The van der Waals surface area contributed by atoms with Crippen LogP contribution < -0.4 is 0 Å². The van der Waals surface area contributed by atoms with Gasteiger partial charge < -0.3 is 4.90 Å². The van der Waals surface area contributed by atoms with Crippen molar-refractivity contribution in [3.8, 4) is 11.4 Å². The summed E-state index contributed by atoms with van der Waals surface area (Å²) in [7, 11) is 0. The van der Waals surface area contributed by atoms with Crippen molar-refractivity contribution in [2.24, 2.45) is 0 Å². The van der Waals surface area contributed by atoms with Gasteiger partial charge >= 0.3 is 0 Å². The lowest BCUT2D eigenvalue weighted by Gasteiger charge is -2.31. The van der Waals surface area contributed by atoms with Crippen LogP contribution in [0.15, 0.2) is 24.3 Å². The molecule has 0 saturated carbocycles. The molecule has 0 N–H and O–H groups in total. The first kappa shape index (κ1) is 19.6. The second kappa shape index (κ2) is 8.43. The van der Waals surface area contributed by atoms with E-state index < -0.39 is 0 Å². The lowest BCUT2D eigenvalue weighted by Crippen LogP contribution is -2.41. The zero-order valence-electron chi connectivity index (χ0n) is 16.6. The Kier molecular flexibility index (Phi) is 5.52. The molecular weight excluding hydrogens is 420 g/mol. The highest BCUT2D eigenvalue weighted by Gasteiger charge is 2.28. The van der Waals surface area contributed by atoms with Gasteiger partial charge in [-0.25, -0.2) is 4.98 Å². The van der Waals surface area contributed by atoms with E-state index in [2.05, 4.69) is 15.4 Å². The number of thiazole rings is 1. The van der Waals surface area contributed by atoms with Crippen LogP contribution in [0.2, 0.25) is 5.02 Å². The van der Waals surface area contributed by atoms with Gasteiger partial charge in [0.05, 0.1) is 10.7 Å². The first-order valence-corrected chi connectivity index (χ1v) is 11.6. The van der Waals surface area contributed by atoms with E-state index in [-0.39, 0.29) is 12.5 Å². The Morgan fingerprint density at radius 3 is 2.83 bits per heavy atom. The first-order chi connectivity index (χ1) is 14.7. The molecule has 1 aromatic carbocycles. The van der Waals surface area contributed by atoms with Gasteiger partial charge in [0.1, 0.15) is 6.54 Å². The normalized spacial score (nSPS) is 19.0. The summed E-state index contributed by atoms with van der Waals surface area (Å²) in [6.45, 7) is 1.60. The van der Waals surface area contributed by atoms with Gasteiger partial charge in [-0.3, -0.25) is 4.79 Å². The summed E-state index contributed by atoms with van der Waals surface area (Å²) >= 11 is 7.79. The lowest BCUT2D eigenvalue weighted by atomic mass is 9.98. The molecule has 1 saturated heterocycles. The largest absolute Gasteiger partial charge is 0.340 e. The van der Waals surface area contributed by atoms with Gasteiger partial charge in [0, 0.05) is 34.5 Å². The molecule has 5 rings (SSSR count). The Bertz CT molecular complexity index is 1020. The third-order valence-corrected chi connectivity index (χ3v) is 7.39. The average Bonchev–Trinajstić information content (AvgIpc) is 3.41. The van der Waals surface area contributed by atoms with Crippen molar-refractivity contribution in [1.29, 1.82) is 0 Å². The standard InChI is InChI=1S/C21H23ClN6OS/c22-16-9-7-14(8-10-16)20-24-26-28(25-20)13-19(29)27-11-3-4-15(12-27)21-23-17-5-1-2-6-18(17)30-21/h7-10,15H,1-6,11-13H2. The van der Waals surface area contributed by atoms with Crippen LogP contribution in [-0.4, -0.2) is 49.1 Å². The summed E-state index contributed by atoms with van der Waals surface area (Å²) in [5, 5.41) is 14.4. The molecule has 1 aliphatic carbocycles. The number of nitrogens with zero attached hydrogens (tertiary/aromatic N) is 6. The minimum absolute atomic E-state index is 0.0288. The lowest BCUT2D eigenvalue weighted by molar-refractivity contribution is -0.133. The number of hydrogen-bond donors (Lipinski definition) is 0. The Labute approximate surface area is 184 Å². The molecule has 156 valence electrons. The molecule has 0 spiro atoms. The number of amides is 1. The fraction of sp³-hybridized carbons (Fsp3) is 0.476. The Morgan fingerprint density at radius 2 is 2.00 bits per heavy atom. The molecule has 1 atom stereocenters. The van der Waals surface area contributed by atoms with E-state index in [1.165, 1.54) is 33.2 Å². The monoisotopic (exact) mass is 442 g/mol. The predicted molar refractivity (Wildman–Crippen MR) is 116 cm³/mol. The maximum atomic E-state index is 12.9. The van der Waals surface area contributed by atoms with Crippen molar-refractivity contribution < 1.29 is 4.79 Å². The van der Waals surface area contributed by atoms with Crippen LogP contribution in [-0.2, 0) is 24.2 Å². The average molecular weight is 443 g/mol. The maximum absolute atomic E-state index is 12.9. The number of hydrogen-bond acceptors (Lipinski definition) is 6. The van der Waals surface area contributed by atoms with Crippen LogP contribution >= 0.6 is 22.9 Å². The number of carbonyl (C=O) groups excluding carboxylic acids is 1. The number of halogens is 1. The van der Waals surface area contributed by atoms with Gasteiger partial charge in [0.15, 0.2) is 0 Å². The minimum atomic E-state index is 0.0288. The van der Waals surface area contributed by atoms with E-state index in [0.29, 0.717) is 16.8 Å². The predicted octanol–water partition coefficient (Wildman–Crippen LogP) is 3.74. The van der Waals surface area contributed by atoms with Gasteiger partial charge in [0.25, 0.3) is 0 Å². The summed E-state index contributed by atoms with van der Waals surface area (Å²) < 4.78 is 0. The molecular formula is C21H23ClN6OS. The maximum Gasteiger partial charge on any atom is 0.246 e. The van der Waals surface area contributed by atoms with Crippen LogP contribution in [0.5, 0.6) is 0 Å². The Hall–Kier alpha value is -2.32. The summed E-state index contributed by atoms with van der Waals surface area (Å²) in [5.41, 5.74) is 2.12. The van der Waals surface area contributed by atoms with Crippen LogP contribution in [0.3, 0.4) is 0 Å². The first-order valence-electron chi connectivity index (χ1n) is 10.5. The molecule has 1 unspecified atom stereocenters. The zero-order chi connectivity index (χ0) is 20.5. The van der Waals surface area contributed by atoms with Gasteiger partial charge in [-0.15, -0.1) is 21.5 Å². The van der Waals surface area contributed by atoms with Gasteiger partial charge in [-0.1, -0.05) is 11.6 Å². The number of aryl methyl sites for hydroxylation is 2. The summed E-state index contributed by atoms with van der Waals surface area (Å²) in [4.78, 5) is 22.6. The topological polar surface area (TPSA) is 76.8 Å². The number of tetrazole rings is 1. The number of piperidine rings is 1. The zero-order valence-corrected chi connectivity index (χ0v) is 18.2. The van der Waals surface area contributed by atoms with Crippen LogP contribution in [0.25, 0.3) is 11.4 Å². The van der Waals surface area contributed by atoms with Crippen molar-refractivity contribution in [3.05, 3.63) is 44.9 Å². The molecule has 3 aromatic rings. The smallest absolute Gasteiger partial charge is 0.246 e. The van der Waals surface area contributed by atoms with E-state index in [9.17, 15) is 4.79 Å². The number of aromatic nitrogens is 5. The van der Waals surface area contributed by atoms with E-state index >= 15 is 0 Å². The number of rotatable bonds is 4.